The maximum absolute atomic E-state index is 5.70. The standard InChI is InChI=1S/C14H23N3O/c15-7-5-11-18-14-13(6-4-8-16-14)12-17-9-2-1-3-10-17/h4,6,8H,1-3,5,7,9-12,15H2. The average molecular weight is 249 g/mol. The van der Waals surface area contributed by atoms with Crippen LogP contribution >= 0.6 is 0 Å². The summed E-state index contributed by atoms with van der Waals surface area (Å²) in [4.78, 5) is 6.81. The minimum absolute atomic E-state index is 0.653. The van der Waals surface area contributed by atoms with Crippen LogP contribution in [0.5, 0.6) is 5.88 Å². The van der Waals surface area contributed by atoms with Crippen LogP contribution < -0.4 is 10.5 Å². The Morgan fingerprint density at radius 1 is 1.28 bits per heavy atom. The predicted molar refractivity (Wildman–Crippen MR) is 72.5 cm³/mol. The van der Waals surface area contributed by atoms with Crippen molar-refractivity contribution in [1.82, 2.24) is 9.88 Å². The predicted octanol–water partition coefficient (Wildman–Crippen LogP) is 1.80. The molecule has 0 saturated carbocycles. The molecule has 0 bridgehead atoms. The van der Waals surface area contributed by atoms with Crippen molar-refractivity contribution < 1.29 is 4.74 Å². The number of nitrogens with zero attached hydrogens (tertiary/aromatic N) is 2. The van der Waals surface area contributed by atoms with Crippen molar-refractivity contribution in [3.05, 3.63) is 23.9 Å². The van der Waals surface area contributed by atoms with Crippen LogP contribution in [0.2, 0.25) is 0 Å². The fourth-order valence-corrected chi connectivity index (χ4v) is 2.29. The van der Waals surface area contributed by atoms with Gasteiger partial charge in [-0.1, -0.05) is 12.5 Å². The summed E-state index contributed by atoms with van der Waals surface area (Å²) in [6.07, 6.45) is 6.65. The van der Waals surface area contributed by atoms with Gasteiger partial charge in [0.25, 0.3) is 0 Å². The van der Waals surface area contributed by atoms with Gasteiger partial charge in [-0.05, 0) is 45.0 Å². The molecule has 0 spiro atoms. The second-order valence-electron chi connectivity index (χ2n) is 4.80. The Kier molecular flexibility index (Phi) is 5.42. The van der Waals surface area contributed by atoms with Gasteiger partial charge in [-0.2, -0.15) is 0 Å². The van der Waals surface area contributed by atoms with Gasteiger partial charge in [0, 0.05) is 18.3 Å². The molecule has 1 aliphatic rings. The van der Waals surface area contributed by atoms with E-state index in [1.54, 1.807) is 6.20 Å². The lowest BCUT2D eigenvalue weighted by Gasteiger charge is -2.26. The van der Waals surface area contributed by atoms with E-state index in [2.05, 4.69) is 16.0 Å². The SMILES string of the molecule is NCCCOc1ncccc1CN1CCCCC1. The van der Waals surface area contributed by atoms with Crippen molar-refractivity contribution in [3.63, 3.8) is 0 Å². The highest BCUT2D eigenvalue weighted by molar-refractivity contribution is 5.25. The van der Waals surface area contributed by atoms with Crippen molar-refractivity contribution in [2.24, 2.45) is 5.73 Å². The summed E-state index contributed by atoms with van der Waals surface area (Å²) in [7, 11) is 0. The molecule has 1 saturated heterocycles. The zero-order valence-corrected chi connectivity index (χ0v) is 11.0. The second-order valence-corrected chi connectivity index (χ2v) is 4.80. The monoisotopic (exact) mass is 249 g/mol. The smallest absolute Gasteiger partial charge is 0.217 e. The van der Waals surface area contributed by atoms with Crippen molar-refractivity contribution in [1.29, 1.82) is 0 Å². The zero-order chi connectivity index (χ0) is 12.6. The van der Waals surface area contributed by atoms with Gasteiger partial charge in [0.1, 0.15) is 0 Å². The topological polar surface area (TPSA) is 51.4 Å². The first-order valence-electron chi connectivity index (χ1n) is 6.89. The van der Waals surface area contributed by atoms with Crippen LogP contribution in [0.3, 0.4) is 0 Å². The zero-order valence-electron chi connectivity index (χ0n) is 11.0. The molecule has 2 rings (SSSR count). The molecule has 18 heavy (non-hydrogen) atoms. The van der Waals surface area contributed by atoms with Crippen LogP contribution in [0.25, 0.3) is 0 Å². The van der Waals surface area contributed by atoms with Crippen molar-refractivity contribution in [3.8, 4) is 5.88 Å². The number of pyridine rings is 1. The molecule has 0 amide bonds. The van der Waals surface area contributed by atoms with Crippen LogP contribution in [-0.4, -0.2) is 36.1 Å². The van der Waals surface area contributed by atoms with Crippen molar-refractivity contribution in [2.45, 2.75) is 32.2 Å². The third-order valence-corrected chi connectivity index (χ3v) is 3.28. The Balaban J connectivity index is 1.93. The summed E-state index contributed by atoms with van der Waals surface area (Å²) in [6, 6.07) is 4.09. The normalized spacial score (nSPS) is 16.7. The number of likely N-dealkylation sites (tertiary alicyclic amines) is 1. The van der Waals surface area contributed by atoms with Crippen LogP contribution in [0.1, 0.15) is 31.2 Å². The van der Waals surface area contributed by atoms with Gasteiger partial charge >= 0.3 is 0 Å². The molecule has 0 aliphatic carbocycles. The molecular weight excluding hydrogens is 226 g/mol. The third-order valence-electron chi connectivity index (χ3n) is 3.28. The molecule has 0 aromatic carbocycles. The van der Waals surface area contributed by atoms with Crippen molar-refractivity contribution in [2.75, 3.05) is 26.2 Å². The molecule has 4 heteroatoms. The summed E-state index contributed by atoms with van der Waals surface area (Å²) in [5, 5.41) is 0. The molecular formula is C14H23N3O. The summed E-state index contributed by atoms with van der Waals surface area (Å²) >= 11 is 0. The Hall–Kier alpha value is -1.13. The molecule has 0 atom stereocenters. The lowest BCUT2D eigenvalue weighted by Crippen LogP contribution is -2.29. The highest BCUT2D eigenvalue weighted by atomic mass is 16.5. The fourth-order valence-electron chi connectivity index (χ4n) is 2.29. The Bertz CT molecular complexity index is 351. The van der Waals surface area contributed by atoms with Gasteiger partial charge in [0.15, 0.2) is 0 Å². The highest BCUT2D eigenvalue weighted by Gasteiger charge is 2.13. The summed E-state index contributed by atoms with van der Waals surface area (Å²) in [6.45, 7) is 4.65. The quantitative estimate of drug-likeness (QED) is 0.781. The van der Waals surface area contributed by atoms with Crippen LogP contribution in [0, 0.1) is 0 Å². The lowest BCUT2D eigenvalue weighted by atomic mass is 10.1. The van der Waals surface area contributed by atoms with E-state index in [9.17, 15) is 0 Å². The third kappa shape index (κ3) is 3.96. The Morgan fingerprint density at radius 3 is 2.89 bits per heavy atom. The number of piperidine rings is 1. The van der Waals surface area contributed by atoms with E-state index in [4.69, 9.17) is 10.5 Å². The maximum atomic E-state index is 5.70. The molecule has 1 fully saturated rings. The summed E-state index contributed by atoms with van der Waals surface area (Å²) in [5.41, 5.74) is 6.66. The molecule has 2 heterocycles. The molecule has 1 aromatic rings. The van der Waals surface area contributed by atoms with Gasteiger partial charge in [-0.15, -0.1) is 0 Å². The van der Waals surface area contributed by atoms with Gasteiger partial charge in [0.05, 0.1) is 6.61 Å². The maximum Gasteiger partial charge on any atom is 0.217 e. The summed E-state index contributed by atoms with van der Waals surface area (Å²) in [5.74, 6) is 0.775. The van der Waals surface area contributed by atoms with Crippen LogP contribution in [-0.2, 0) is 6.54 Å². The number of nitrogens with two attached hydrogens (primary N) is 1. The molecule has 2 N–H and O–H groups in total. The minimum Gasteiger partial charge on any atom is -0.477 e. The van der Waals surface area contributed by atoms with Gasteiger partial charge in [-0.25, -0.2) is 4.98 Å². The first-order valence-corrected chi connectivity index (χ1v) is 6.89. The molecule has 100 valence electrons. The largest absolute Gasteiger partial charge is 0.477 e. The minimum atomic E-state index is 0.653. The second kappa shape index (κ2) is 7.34. The van der Waals surface area contributed by atoms with E-state index < -0.39 is 0 Å². The molecule has 1 aromatic heterocycles. The van der Waals surface area contributed by atoms with Gasteiger partial charge < -0.3 is 10.5 Å². The lowest BCUT2D eigenvalue weighted by molar-refractivity contribution is 0.214. The number of aromatic nitrogens is 1. The Labute approximate surface area is 109 Å². The van der Waals surface area contributed by atoms with E-state index in [1.807, 2.05) is 6.07 Å². The van der Waals surface area contributed by atoms with E-state index in [0.29, 0.717) is 13.2 Å². The van der Waals surface area contributed by atoms with Crippen LogP contribution in [0.15, 0.2) is 18.3 Å². The van der Waals surface area contributed by atoms with E-state index >= 15 is 0 Å². The van der Waals surface area contributed by atoms with Gasteiger partial charge in [-0.3, -0.25) is 4.90 Å². The van der Waals surface area contributed by atoms with Crippen LogP contribution in [0.4, 0.5) is 0 Å². The van der Waals surface area contributed by atoms with E-state index in [1.165, 1.54) is 37.9 Å². The highest BCUT2D eigenvalue weighted by Crippen LogP contribution is 2.19. The van der Waals surface area contributed by atoms with E-state index in [-0.39, 0.29) is 0 Å². The fraction of sp³-hybridized carbons (Fsp3) is 0.643. The average Bonchev–Trinajstić information content (AvgIpc) is 2.42. The number of ether oxygens (including phenoxy) is 1. The first-order chi connectivity index (χ1) is 8.90. The number of hydrogen-bond acceptors (Lipinski definition) is 4. The molecule has 4 nitrogen and oxygen atoms in total. The molecule has 0 radical (unpaired) electrons. The molecule has 1 aliphatic heterocycles. The molecule has 0 unspecified atom stereocenters. The summed E-state index contributed by atoms with van der Waals surface area (Å²) < 4.78 is 5.70. The first kappa shape index (κ1) is 13.3. The number of rotatable bonds is 6. The Morgan fingerprint density at radius 2 is 2.11 bits per heavy atom. The van der Waals surface area contributed by atoms with E-state index in [0.717, 1.165) is 18.8 Å². The van der Waals surface area contributed by atoms with Gasteiger partial charge in [0.2, 0.25) is 5.88 Å². The number of hydrogen-bond donors (Lipinski definition) is 1. The van der Waals surface area contributed by atoms with Crippen molar-refractivity contribution >= 4 is 0 Å².